The van der Waals surface area contributed by atoms with Crippen LogP contribution in [0.2, 0.25) is 0 Å². The first-order valence-corrected chi connectivity index (χ1v) is 5.43. The minimum Gasteiger partial charge on any atom is -0.277 e. The highest BCUT2D eigenvalue weighted by Crippen LogP contribution is 2.32. The van der Waals surface area contributed by atoms with Crippen LogP contribution in [0.15, 0.2) is 30.5 Å². The summed E-state index contributed by atoms with van der Waals surface area (Å²) in [5.74, 6) is 0. The molecular weight excluding hydrogens is 332 g/mol. The van der Waals surface area contributed by atoms with Crippen molar-refractivity contribution < 1.29 is 13.2 Å². The SMILES string of the molecule is FC(F)(F)c1cccc(-c2[nH]ncc2I)c1. The Bertz CT molecular complexity index is 505. The lowest BCUT2D eigenvalue weighted by Crippen LogP contribution is -2.04. The van der Waals surface area contributed by atoms with E-state index in [9.17, 15) is 13.2 Å². The molecule has 2 rings (SSSR count). The molecule has 0 radical (unpaired) electrons. The number of rotatable bonds is 1. The largest absolute Gasteiger partial charge is 0.416 e. The Balaban J connectivity index is 2.49. The maximum atomic E-state index is 12.5. The van der Waals surface area contributed by atoms with Crippen LogP contribution in [0.4, 0.5) is 13.2 Å². The fourth-order valence-corrected chi connectivity index (χ4v) is 1.90. The third-order valence-corrected chi connectivity index (χ3v) is 2.89. The zero-order valence-electron chi connectivity index (χ0n) is 7.85. The number of hydrogen-bond donors (Lipinski definition) is 1. The van der Waals surface area contributed by atoms with Crippen molar-refractivity contribution in [1.82, 2.24) is 10.2 Å². The molecule has 0 aliphatic rings. The molecule has 0 aliphatic heterocycles. The molecule has 84 valence electrons. The van der Waals surface area contributed by atoms with Crippen LogP contribution in [0.3, 0.4) is 0 Å². The molecule has 0 aliphatic carbocycles. The second-order valence-corrected chi connectivity index (χ2v) is 4.33. The third kappa shape index (κ3) is 2.21. The number of H-pyrrole nitrogens is 1. The van der Waals surface area contributed by atoms with Crippen LogP contribution in [0.5, 0.6) is 0 Å². The van der Waals surface area contributed by atoms with Gasteiger partial charge in [0.05, 0.1) is 21.0 Å². The Morgan fingerprint density at radius 2 is 2.00 bits per heavy atom. The number of aromatic amines is 1. The van der Waals surface area contributed by atoms with Crippen molar-refractivity contribution >= 4 is 22.6 Å². The van der Waals surface area contributed by atoms with Crippen molar-refractivity contribution in [3.63, 3.8) is 0 Å². The summed E-state index contributed by atoms with van der Waals surface area (Å²) in [6.07, 6.45) is -2.75. The number of alkyl halides is 3. The predicted molar refractivity (Wildman–Crippen MR) is 61.7 cm³/mol. The first kappa shape index (κ1) is 11.4. The molecule has 1 N–H and O–H groups in total. The Morgan fingerprint density at radius 3 is 2.56 bits per heavy atom. The number of nitrogens with one attached hydrogen (secondary N) is 1. The molecule has 1 aromatic carbocycles. The molecular formula is C10H6F3IN2. The molecule has 2 aromatic rings. The summed E-state index contributed by atoms with van der Waals surface area (Å²) >= 11 is 2.02. The number of hydrogen-bond acceptors (Lipinski definition) is 1. The highest BCUT2D eigenvalue weighted by molar-refractivity contribution is 14.1. The standard InChI is InChI=1S/C10H6F3IN2/c11-10(12,13)7-3-1-2-6(4-7)9-8(14)5-15-16-9/h1-5H,(H,15,16). The molecule has 16 heavy (non-hydrogen) atoms. The minimum absolute atomic E-state index is 0.483. The van der Waals surface area contributed by atoms with E-state index in [1.54, 1.807) is 12.3 Å². The zero-order valence-corrected chi connectivity index (χ0v) is 10.0. The molecule has 0 atom stereocenters. The molecule has 0 saturated heterocycles. The van der Waals surface area contributed by atoms with E-state index in [1.165, 1.54) is 6.07 Å². The Kier molecular flexibility index (Phi) is 2.92. The zero-order chi connectivity index (χ0) is 11.8. The monoisotopic (exact) mass is 338 g/mol. The molecule has 0 saturated carbocycles. The van der Waals surface area contributed by atoms with Gasteiger partial charge in [-0.3, -0.25) is 5.10 Å². The van der Waals surface area contributed by atoms with Gasteiger partial charge < -0.3 is 0 Å². The Labute approximate surface area is 103 Å². The van der Waals surface area contributed by atoms with Crippen LogP contribution >= 0.6 is 22.6 Å². The van der Waals surface area contributed by atoms with E-state index in [0.717, 1.165) is 15.7 Å². The Morgan fingerprint density at radius 1 is 1.25 bits per heavy atom. The van der Waals surface area contributed by atoms with Gasteiger partial charge >= 0.3 is 6.18 Å². The maximum Gasteiger partial charge on any atom is 0.416 e. The van der Waals surface area contributed by atoms with Gasteiger partial charge in [0.1, 0.15) is 0 Å². The molecule has 1 heterocycles. The van der Waals surface area contributed by atoms with Gasteiger partial charge in [-0.25, -0.2) is 0 Å². The summed E-state index contributed by atoms with van der Waals surface area (Å²) in [6.45, 7) is 0. The smallest absolute Gasteiger partial charge is 0.277 e. The molecule has 0 fully saturated rings. The maximum absolute atomic E-state index is 12.5. The number of nitrogens with zero attached hydrogens (tertiary/aromatic N) is 1. The van der Waals surface area contributed by atoms with Crippen LogP contribution in [0.25, 0.3) is 11.3 Å². The average Bonchev–Trinajstić information content (AvgIpc) is 2.63. The van der Waals surface area contributed by atoms with Gasteiger partial charge in [-0.15, -0.1) is 0 Å². The van der Waals surface area contributed by atoms with Gasteiger partial charge in [0.2, 0.25) is 0 Å². The van der Waals surface area contributed by atoms with Crippen molar-refractivity contribution in [2.45, 2.75) is 6.18 Å². The highest BCUT2D eigenvalue weighted by Gasteiger charge is 2.30. The second-order valence-electron chi connectivity index (χ2n) is 3.17. The minimum atomic E-state index is -4.32. The van der Waals surface area contributed by atoms with Crippen LogP contribution in [-0.2, 0) is 6.18 Å². The summed E-state index contributed by atoms with van der Waals surface area (Å²) in [7, 11) is 0. The van der Waals surface area contributed by atoms with E-state index in [2.05, 4.69) is 10.2 Å². The van der Waals surface area contributed by atoms with Gasteiger partial charge in [0.15, 0.2) is 0 Å². The molecule has 6 heteroatoms. The predicted octanol–water partition coefficient (Wildman–Crippen LogP) is 3.70. The quantitative estimate of drug-likeness (QED) is 0.790. The highest BCUT2D eigenvalue weighted by atomic mass is 127. The van der Waals surface area contributed by atoms with Gasteiger partial charge in [-0.1, -0.05) is 12.1 Å². The number of halogens is 4. The summed E-state index contributed by atoms with van der Waals surface area (Å²) in [5, 5.41) is 6.45. The van der Waals surface area contributed by atoms with E-state index in [1.807, 2.05) is 22.6 Å². The molecule has 0 unspecified atom stereocenters. The van der Waals surface area contributed by atoms with Crippen molar-refractivity contribution in [3.05, 3.63) is 39.6 Å². The normalized spacial score (nSPS) is 11.8. The van der Waals surface area contributed by atoms with Crippen LogP contribution in [-0.4, -0.2) is 10.2 Å². The first-order valence-electron chi connectivity index (χ1n) is 4.35. The molecule has 0 bridgehead atoms. The number of benzene rings is 1. The molecule has 2 nitrogen and oxygen atoms in total. The van der Waals surface area contributed by atoms with Gasteiger partial charge in [0, 0.05) is 5.56 Å². The van der Waals surface area contributed by atoms with Crippen LogP contribution in [0, 0.1) is 3.57 Å². The fraction of sp³-hybridized carbons (Fsp3) is 0.100. The summed E-state index contributed by atoms with van der Waals surface area (Å²) in [4.78, 5) is 0. The lowest BCUT2D eigenvalue weighted by atomic mass is 10.1. The number of aromatic nitrogens is 2. The van der Waals surface area contributed by atoms with Crippen molar-refractivity contribution in [3.8, 4) is 11.3 Å². The molecule has 0 spiro atoms. The summed E-state index contributed by atoms with van der Waals surface area (Å²) in [6, 6.07) is 5.16. The third-order valence-electron chi connectivity index (χ3n) is 2.07. The van der Waals surface area contributed by atoms with Crippen LogP contribution < -0.4 is 0 Å². The van der Waals surface area contributed by atoms with Crippen molar-refractivity contribution in [1.29, 1.82) is 0 Å². The first-order chi connectivity index (χ1) is 7.48. The average molecular weight is 338 g/mol. The Hall–Kier alpha value is -1.05. The van der Waals surface area contributed by atoms with Crippen molar-refractivity contribution in [2.24, 2.45) is 0 Å². The summed E-state index contributed by atoms with van der Waals surface area (Å²) < 4.78 is 38.2. The van der Waals surface area contributed by atoms with Gasteiger partial charge in [0.25, 0.3) is 0 Å². The lowest BCUT2D eigenvalue weighted by Gasteiger charge is -2.07. The van der Waals surface area contributed by atoms with E-state index in [-0.39, 0.29) is 0 Å². The summed E-state index contributed by atoms with van der Waals surface area (Å²) in [5.41, 5.74) is 0.429. The van der Waals surface area contributed by atoms with E-state index in [0.29, 0.717) is 11.3 Å². The van der Waals surface area contributed by atoms with Crippen LogP contribution in [0.1, 0.15) is 5.56 Å². The van der Waals surface area contributed by atoms with E-state index >= 15 is 0 Å². The van der Waals surface area contributed by atoms with Crippen molar-refractivity contribution in [2.75, 3.05) is 0 Å². The fourth-order valence-electron chi connectivity index (χ4n) is 1.32. The molecule has 1 aromatic heterocycles. The van der Waals surface area contributed by atoms with Gasteiger partial charge in [-0.05, 0) is 34.7 Å². The van der Waals surface area contributed by atoms with E-state index < -0.39 is 11.7 Å². The lowest BCUT2D eigenvalue weighted by molar-refractivity contribution is -0.137. The second kappa shape index (κ2) is 4.08. The topological polar surface area (TPSA) is 28.7 Å². The van der Waals surface area contributed by atoms with E-state index in [4.69, 9.17) is 0 Å². The van der Waals surface area contributed by atoms with Gasteiger partial charge in [-0.2, -0.15) is 18.3 Å². The molecule has 0 amide bonds.